The summed E-state index contributed by atoms with van der Waals surface area (Å²) in [5, 5.41) is 5.60. The highest BCUT2D eigenvalue weighted by Gasteiger charge is 2.13. The van der Waals surface area contributed by atoms with Gasteiger partial charge < -0.3 is 20.1 Å². The predicted molar refractivity (Wildman–Crippen MR) is 111 cm³/mol. The van der Waals surface area contributed by atoms with Gasteiger partial charge >= 0.3 is 0 Å². The molecule has 0 aliphatic heterocycles. The summed E-state index contributed by atoms with van der Waals surface area (Å²) in [6.45, 7) is 0.185. The second-order valence-corrected chi connectivity index (χ2v) is 6.23. The van der Waals surface area contributed by atoms with Crippen LogP contribution in [0.15, 0.2) is 78.9 Å². The fraction of sp³-hybridized carbons (Fsp3) is 0.130. The highest BCUT2D eigenvalue weighted by Crippen LogP contribution is 2.19. The number of para-hydroxylation sites is 1. The minimum atomic E-state index is -0.335. The first-order valence-electron chi connectivity index (χ1n) is 9.13. The van der Waals surface area contributed by atoms with Gasteiger partial charge in [-0.05, 0) is 29.8 Å². The lowest BCUT2D eigenvalue weighted by atomic mass is 10.1. The standard InChI is InChI=1S/C23H22N2O4/c1-28-19-11-7-10-18(14-19)25-22(26)16-29-21-13-6-5-12-20(21)23(27)24-15-17-8-3-2-4-9-17/h2-14H,15-16H2,1H3,(H,24,27)(H,25,26). The van der Waals surface area contributed by atoms with Gasteiger partial charge in [-0.1, -0.05) is 48.5 Å². The number of benzene rings is 3. The summed E-state index contributed by atoms with van der Waals surface area (Å²) in [5.41, 5.74) is 1.97. The van der Waals surface area contributed by atoms with Crippen molar-refractivity contribution in [3.63, 3.8) is 0 Å². The SMILES string of the molecule is COc1cccc(NC(=O)COc2ccccc2C(=O)NCc2ccccc2)c1. The van der Waals surface area contributed by atoms with Gasteiger partial charge in [0.15, 0.2) is 6.61 Å². The molecule has 0 radical (unpaired) electrons. The first-order chi connectivity index (χ1) is 14.2. The first kappa shape index (κ1) is 19.9. The van der Waals surface area contributed by atoms with E-state index in [1.54, 1.807) is 55.6 Å². The van der Waals surface area contributed by atoms with Crippen molar-refractivity contribution >= 4 is 17.5 Å². The Hall–Kier alpha value is -3.80. The number of amides is 2. The average Bonchev–Trinajstić information content (AvgIpc) is 2.77. The highest BCUT2D eigenvalue weighted by atomic mass is 16.5. The molecule has 0 heterocycles. The zero-order chi connectivity index (χ0) is 20.5. The molecule has 2 N–H and O–H groups in total. The Balaban J connectivity index is 1.58. The molecule has 148 valence electrons. The third-order valence-corrected chi connectivity index (χ3v) is 4.14. The number of carbonyl (C=O) groups excluding carboxylic acids is 2. The van der Waals surface area contributed by atoms with Crippen molar-refractivity contribution in [2.45, 2.75) is 6.54 Å². The van der Waals surface area contributed by atoms with Crippen molar-refractivity contribution in [2.75, 3.05) is 19.0 Å². The van der Waals surface area contributed by atoms with E-state index in [4.69, 9.17) is 9.47 Å². The number of nitrogens with one attached hydrogen (secondary N) is 2. The maximum atomic E-state index is 12.5. The summed E-state index contributed by atoms with van der Waals surface area (Å²) in [6.07, 6.45) is 0. The monoisotopic (exact) mass is 390 g/mol. The van der Waals surface area contributed by atoms with Gasteiger partial charge in [0.1, 0.15) is 11.5 Å². The number of rotatable bonds is 8. The van der Waals surface area contributed by atoms with Crippen LogP contribution >= 0.6 is 0 Å². The molecule has 0 aliphatic rings. The molecule has 0 unspecified atom stereocenters. The normalized spacial score (nSPS) is 10.1. The van der Waals surface area contributed by atoms with Crippen LogP contribution in [-0.4, -0.2) is 25.5 Å². The fourth-order valence-electron chi connectivity index (χ4n) is 2.69. The fourth-order valence-corrected chi connectivity index (χ4v) is 2.69. The van der Waals surface area contributed by atoms with Crippen LogP contribution in [0, 0.1) is 0 Å². The number of ether oxygens (including phenoxy) is 2. The molecular formula is C23H22N2O4. The smallest absolute Gasteiger partial charge is 0.262 e. The molecule has 0 fully saturated rings. The van der Waals surface area contributed by atoms with E-state index in [0.717, 1.165) is 5.56 Å². The van der Waals surface area contributed by atoms with Crippen LogP contribution in [0.3, 0.4) is 0 Å². The lowest BCUT2D eigenvalue weighted by molar-refractivity contribution is -0.118. The van der Waals surface area contributed by atoms with Gasteiger partial charge in [-0.3, -0.25) is 9.59 Å². The molecule has 3 rings (SSSR count). The van der Waals surface area contributed by atoms with Crippen molar-refractivity contribution in [1.29, 1.82) is 0 Å². The van der Waals surface area contributed by atoms with Crippen molar-refractivity contribution < 1.29 is 19.1 Å². The number of methoxy groups -OCH3 is 1. The van der Waals surface area contributed by atoms with E-state index < -0.39 is 0 Å². The minimum absolute atomic E-state index is 0.222. The summed E-state index contributed by atoms with van der Waals surface area (Å²) < 4.78 is 10.7. The van der Waals surface area contributed by atoms with Crippen LogP contribution < -0.4 is 20.1 Å². The topological polar surface area (TPSA) is 76.7 Å². The van der Waals surface area contributed by atoms with Gasteiger partial charge in [-0.25, -0.2) is 0 Å². The molecule has 3 aromatic carbocycles. The van der Waals surface area contributed by atoms with Gasteiger partial charge in [-0.2, -0.15) is 0 Å². The molecule has 2 amide bonds. The highest BCUT2D eigenvalue weighted by molar-refractivity contribution is 5.97. The van der Waals surface area contributed by atoms with Crippen LogP contribution in [0.4, 0.5) is 5.69 Å². The van der Waals surface area contributed by atoms with Crippen LogP contribution in [0.5, 0.6) is 11.5 Å². The van der Waals surface area contributed by atoms with E-state index in [1.807, 2.05) is 30.3 Å². The van der Waals surface area contributed by atoms with Crippen LogP contribution in [0.25, 0.3) is 0 Å². The van der Waals surface area contributed by atoms with Crippen LogP contribution in [0.1, 0.15) is 15.9 Å². The minimum Gasteiger partial charge on any atom is -0.497 e. The summed E-state index contributed by atoms with van der Waals surface area (Å²) >= 11 is 0. The van der Waals surface area contributed by atoms with E-state index >= 15 is 0 Å². The van der Waals surface area contributed by atoms with Gasteiger partial charge in [0.25, 0.3) is 11.8 Å². The zero-order valence-electron chi connectivity index (χ0n) is 16.1. The van der Waals surface area contributed by atoms with Gasteiger partial charge in [-0.15, -0.1) is 0 Å². The van der Waals surface area contributed by atoms with E-state index in [9.17, 15) is 9.59 Å². The van der Waals surface area contributed by atoms with Crippen molar-refractivity contribution in [3.05, 3.63) is 90.0 Å². The molecular weight excluding hydrogens is 368 g/mol. The molecule has 6 nitrogen and oxygen atoms in total. The average molecular weight is 390 g/mol. The largest absolute Gasteiger partial charge is 0.497 e. The first-order valence-corrected chi connectivity index (χ1v) is 9.13. The van der Waals surface area contributed by atoms with Gasteiger partial charge in [0.05, 0.1) is 12.7 Å². The van der Waals surface area contributed by atoms with Crippen molar-refractivity contribution in [2.24, 2.45) is 0 Å². The van der Waals surface area contributed by atoms with Gasteiger partial charge in [0.2, 0.25) is 0 Å². The Morgan fingerprint density at radius 2 is 1.66 bits per heavy atom. The van der Waals surface area contributed by atoms with Gasteiger partial charge in [0, 0.05) is 18.3 Å². The molecule has 0 spiro atoms. The summed E-state index contributed by atoms with van der Waals surface area (Å²) in [7, 11) is 1.56. The maximum Gasteiger partial charge on any atom is 0.262 e. The van der Waals surface area contributed by atoms with Crippen LogP contribution in [-0.2, 0) is 11.3 Å². The third kappa shape index (κ3) is 5.84. The van der Waals surface area contributed by atoms with E-state index in [1.165, 1.54) is 0 Å². The second-order valence-electron chi connectivity index (χ2n) is 6.23. The van der Waals surface area contributed by atoms with Crippen LogP contribution in [0.2, 0.25) is 0 Å². The number of carbonyl (C=O) groups is 2. The molecule has 0 saturated carbocycles. The lowest BCUT2D eigenvalue weighted by Gasteiger charge is -2.12. The Labute approximate surface area is 169 Å². The quantitative estimate of drug-likeness (QED) is 0.616. The molecule has 3 aromatic rings. The number of hydrogen-bond donors (Lipinski definition) is 2. The Morgan fingerprint density at radius 1 is 0.897 bits per heavy atom. The summed E-state index contributed by atoms with van der Waals surface area (Å²) in [6, 6.07) is 23.5. The van der Waals surface area contributed by atoms with E-state index in [0.29, 0.717) is 29.3 Å². The zero-order valence-corrected chi connectivity index (χ0v) is 16.1. The molecule has 0 aliphatic carbocycles. The van der Waals surface area contributed by atoms with E-state index in [2.05, 4.69) is 10.6 Å². The molecule has 0 saturated heterocycles. The van der Waals surface area contributed by atoms with Crippen molar-refractivity contribution in [3.8, 4) is 11.5 Å². The molecule has 0 aromatic heterocycles. The summed E-state index contributed by atoms with van der Waals surface area (Å²) in [4.78, 5) is 24.7. The Kier molecular flexibility index (Phi) is 6.84. The molecule has 0 atom stereocenters. The Morgan fingerprint density at radius 3 is 2.45 bits per heavy atom. The predicted octanol–water partition coefficient (Wildman–Crippen LogP) is 3.64. The molecule has 0 bridgehead atoms. The number of hydrogen-bond acceptors (Lipinski definition) is 4. The van der Waals surface area contributed by atoms with Crippen molar-refractivity contribution in [1.82, 2.24) is 5.32 Å². The lowest BCUT2D eigenvalue weighted by Crippen LogP contribution is -2.25. The third-order valence-electron chi connectivity index (χ3n) is 4.14. The number of anilines is 1. The molecule has 6 heteroatoms. The molecule has 29 heavy (non-hydrogen) atoms. The van der Waals surface area contributed by atoms with E-state index in [-0.39, 0.29) is 18.4 Å². The summed E-state index contributed by atoms with van der Waals surface area (Å²) in [5.74, 6) is 0.387. The Bertz CT molecular complexity index is 973. The maximum absolute atomic E-state index is 12.5. The second kappa shape index (κ2) is 9.94.